The fourth-order valence-corrected chi connectivity index (χ4v) is 4.38. The fraction of sp³-hybridized carbons (Fsp3) is 0.846. The smallest absolute Gasteiger partial charge is 0.159 e. The highest BCUT2D eigenvalue weighted by molar-refractivity contribution is 7.93. The summed E-state index contributed by atoms with van der Waals surface area (Å²) < 4.78 is 28.6. The highest BCUT2D eigenvalue weighted by Gasteiger charge is 2.44. The first-order valence-electron chi connectivity index (χ1n) is 6.55. The molecule has 1 saturated carbocycles. The Morgan fingerprint density at radius 2 is 1.94 bits per heavy atom. The van der Waals surface area contributed by atoms with E-state index in [9.17, 15) is 8.42 Å². The Morgan fingerprint density at radius 3 is 2.53 bits per heavy atom. The summed E-state index contributed by atoms with van der Waals surface area (Å²) in [5.41, 5.74) is 1.34. The SMILES string of the molecule is CC1(COC=C2CCCCC2)CCCS1(=O)=O. The third kappa shape index (κ3) is 2.84. The van der Waals surface area contributed by atoms with Crippen molar-refractivity contribution < 1.29 is 13.2 Å². The molecule has 0 N–H and O–H groups in total. The fourth-order valence-electron chi connectivity index (χ4n) is 2.66. The number of allylic oxidation sites excluding steroid dienone is 1. The first-order valence-corrected chi connectivity index (χ1v) is 8.21. The van der Waals surface area contributed by atoms with E-state index >= 15 is 0 Å². The van der Waals surface area contributed by atoms with Crippen molar-refractivity contribution in [2.75, 3.05) is 12.4 Å². The second-order valence-corrected chi connectivity index (χ2v) is 8.14. The van der Waals surface area contributed by atoms with Crippen LogP contribution in [0.25, 0.3) is 0 Å². The molecule has 1 heterocycles. The van der Waals surface area contributed by atoms with Crippen LogP contribution >= 0.6 is 0 Å². The van der Waals surface area contributed by atoms with Crippen LogP contribution in [0.15, 0.2) is 11.8 Å². The van der Waals surface area contributed by atoms with Gasteiger partial charge in [-0.25, -0.2) is 8.42 Å². The van der Waals surface area contributed by atoms with E-state index in [4.69, 9.17) is 4.74 Å². The molecule has 0 aromatic rings. The standard InChI is InChI=1S/C13H22O3S/c1-13(8-5-9-17(13,14)15)11-16-10-12-6-3-2-4-7-12/h10H,2-9,11H2,1H3. The summed E-state index contributed by atoms with van der Waals surface area (Å²) >= 11 is 0. The molecular weight excluding hydrogens is 236 g/mol. The van der Waals surface area contributed by atoms with Gasteiger partial charge in [0.05, 0.1) is 12.0 Å². The van der Waals surface area contributed by atoms with Gasteiger partial charge in [-0.3, -0.25) is 0 Å². The molecule has 0 radical (unpaired) electrons. The molecule has 1 unspecified atom stereocenters. The molecule has 2 fully saturated rings. The second kappa shape index (κ2) is 5.01. The third-order valence-corrected chi connectivity index (χ3v) is 6.65. The van der Waals surface area contributed by atoms with Crippen LogP contribution in [0.1, 0.15) is 51.9 Å². The van der Waals surface area contributed by atoms with E-state index in [1.54, 1.807) is 0 Å². The second-order valence-electron chi connectivity index (χ2n) is 5.52. The van der Waals surface area contributed by atoms with Crippen LogP contribution < -0.4 is 0 Å². The van der Waals surface area contributed by atoms with Crippen molar-refractivity contribution in [3.8, 4) is 0 Å². The highest BCUT2D eigenvalue weighted by Crippen LogP contribution is 2.32. The maximum Gasteiger partial charge on any atom is 0.159 e. The first-order chi connectivity index (χ1) is 8.04. The molecule has 4 heteroatoms. The summed E-state index contributed by atoms with van der Waals surface area (Å²) in [6, 6.07) is 0. The van der Waals surface area contributed by atoms with Crippen LogP contribution in [-0.4, -0.2) is 25.5 Å². The predicted octanol–water partition coefficient (Wildman–Crippen LogP) is 2.82. The zero-order chi connectivity index (χ0) is 12.4. The van der Waals surface area contributed by atoms with Gasteiger partial charge in [0.1, 0.15) is 11.4 Å². The topological polar surface area (TPSA) is 43.4 Å². The summed E-state index contributed by atoms with van der Waals surface area (Å²) in [5, 5.41) is 0. The minimum atomic E-state index is -2.94. The van der Waals surface area contributed by atoms with Crippen LogP contribution in [0.3, 0.4) is 0 Å². The largest absolute Gasteiger partial charge is 0.500 e. The Balaban J connectivity index is 1.89. The molecule has 0 amide bonds. The molecule has 0 spiro atoms. The third-order valence-electron chi connectivity index (χ3n) is 4.00. The number of rotatable bonds is 3. The van der Waals surface area contributed by atoms with Gasteiger partial charge in [0.25, 0.3) is 0 Å². The van der Waals surface area contributed by atoms with Crippen LogP contribution in [0.2, 0.25) is 0 Å². The van der Waals surface area contributed by atoms with Gasteiger partial charge < -0.3 is 4.74 Å². The molecule has 0 aromatic heterocycles. The van der Waals surface area contributed by atoms with E-state index in [0.29, 0.717) is 12.4 Å². The normalized spacial score (nSPS) is 32.4. The molecule has 2 rings (SSSR count). The van der Waals surface area contributed by atoms with Crippen molar-refractivity contribution in [3.63, 3.8) is 0 Å². The van der Waals surface area contributed by atoms with Gasteiger partial charge in [-0.05, 0) is 51.0 Å². The lowest BCUT2D eigenvalue weighted by atomic mass is 9.96. The molecule has 1 atom stereocenters. The first kappa shape index (κ1) is 12.9. The summed E-state index contributed by atoms with van der Waals surface area (Å²) in [6.07, 6.45) is 9.35. The van der Waals surface area contributed by atoms with Gasteiger partial charge in [0.2, 0.25) is 0 Å². The Bertz CT molecular complexity index is 389. The molecule has 17 heavy (non-hydrogen) atoms. The van der Waals surface area contributed by atoms with E-state index in [-0.39, 0.29) is 0 Å². The molecule has 1 aliphatic heterocycles. The van der Waals surface area contributed by atoms with E-state index in [0.717, 1.165) is 25.7 Å². The molecule has 2 aliphatic rings. The zero-order valence-corrected chi connectivity index (χ0v) is 11.4. The summed E-state index contributed by atoms with van der Waals surface area (Å²) in [7, 11) is -2.94. The lowest BCUT2D eigenvalue weighted by molar-refractivity contribution is 0.208. The number of hydrogen-bond donors (Lipinski definition) is 0. The number of sulfone groups is 1. The summed E-state index contributed by atoms with van der Waals surface area (Å²) in [5.74, 6) is 0.323. The lowest BCUT2D eigenvalue weighted by Gasteiger charge is -2.22. The quantitative estimate of drug-likeness (QED) is 0.731. The van der Waals surface area contributed by atoms with Crippen molar-refractivity contribution in [1.82, 2.24) is 0 Å². The predicted molar refractivity (Wildman–Crippen MR) is 68.5 cm³/mol. The lowest BCUT2D eigenvalue weighted by Crippen LogP contribution is -2.35. The average molecular weight is 258 g/mol. The summed E-state index contributed by atoms with van der Waals surface area (Å²) in [6.45, 7) is 2.13. The summed E-state index contributed by atoms with van der Waals surface area (Å²) in [4.78, 5) is 0. The van der Waals surface area contributed by atoms with E-state index in [1.807, 2.05) is 13.2 Å². The number of ether oxygens (including phenoxy) is 1. The van der Waals surface area contributed by atoms with Gasteiger partial charge in [-0.2, -0.15) is 0 Å². The van der Waals surface area contributed by atoms with Crippen molar-refractivity contribution in [2.45, 2.75) is 56.6 Å². The average Bonchev–Trinajstić information content (AvgIpc) is 2.55. The van der Waals surface area contributed by atoms with E-state index in [2.05, 4.69) is 0 Å². The van der Waals surface area contributed by atoms with E-state index < -0.39 is 14.6 Å². The van der Waals surface area contributed by atoms with Gasteiger partial charge in [0, 0.05) is 0 Å². The molecule has 0 aromatic carbocycles. The Kier molecular flexibility index (Phi) is 3.81. The van der Waals surface area contributed by atoms with Gasteiger partial charge >= 0.3 is 0 Å². The van der Waals surface area contributed by atoms with Gasteiger partial charge in [-0.1, -0.05) is 6.42 Å². The maximum absolute atomic E-state index is 11.9. The molecule has 0 bridgehead atoms. The Morgan fingerprint density at radius 1 is 1.24 bits per heavy atom. The molecule has 98 valence electrons. The van der Waals surface area contributed by atoms with Crippen LogP contribution in [0, 0.1) is 0 Å². The number of hydrogen-bond acceptors (Lipinski definition) is 3. The van der Waals surface area contributed by atoms with Crippen molar-refractivity contribution in [1.29, 1.82) is 0 Å². The Labute approximate surface area is 104 Å². The molecular formula is C13H22O3S. The molecule has 1 aliphatic carbocycles. The Hall–Kier alpha value is -0.510. The van der Waals surface area contributed by atoms with E-state index in [1.165, 1.54) is 24.8 Å². The van der Waals surface area contributed by atoms with Crippen molar-refractivity contribution in [3.05, 3.63) is 11.8 Å². The van der Waals surface area contributed by atoms with Crippen LogP contribution in [0.4, 0.5) is 0 Å². The maximum atomic E-state index is 11.9. The van der Waals surface area contributed by atoms with Crippen LogP contribution in [0.5, 0.6) is 0 Å². The monoisotopic (exact) mass is 258 g/mol. The minimum absolute atomic E-state index is 0.318. The zero-order valence-electron chi connectivity index (χ0n) is 10.6. The van der Waals surface area contributed by atoms with Crippen molar-refractivity contribution >= 4 is 9.84 Å². The molecule has 3 nitrogen and oxygen atoms in total. The minimum Gasteiger partial charge on any atom is -0.500 e. The van der Waals surface area contributed by atoms with Gasteiger partial charge in [-0.15, -0.1) is 0 Å². The van der Waals surface area contributed by atoms with Crippen LogP contribution in [-0.2, 0) is 14.6 Å². The van der Waals surface area contributed by atoms with Gasteiger partial charge in [0.15, 0.2) is 9.84 Å². The molecule has 1 saturated heterocycles. The highest BCUT2D eigenvalue weighted by atomic mass is 32.2. The van der Waals surface area contributed by atoms with Crippen molar-refractivity contribution in [2.24, 2.45) is 0 Å².